The molecule has 1 atom stereocenters. The molecule has 0 bridgehead atoms. The molecule has 1 aliphatic carbocycles. The minimum atomic E-state index is -1.10. The summed E-state index contributed by atoms with van der Waals surface area (Å²) >= 11 is 0. The summed E-state index contributed by atoms with van der Waals surface area (Å²) in [6.07, 6.45) is 2.14. The molecule has 3 aromatic rings. The molecule has 1 saturated heterocycles. The van der Waals surface area contributed by atoms with Crippen molar-refractivity contribution in [3.63, 3.8) is 0 Å². The van der Waals surface area contributed by atoms with Gasteiger partial charge in [0.05, 0.1) is 6.54 Å². The lowest BCUT2D eigenvalue weighted by molar-refractivity contribution is -0.131. The molecule has 170 valence electrons. The van der Waals surface area contributed by atoms with Crippen LogP contribution in [0.3, 0.4) is 0 Å². The van der Waals surface area contributed by atoms with Crippen LogP contribution < -0.4 is 10.6 Å². The van der Waals surface area contributed by atoms with Gasteiger partial charge in [-0.25, -0.2) is 4.79 Å². The van der Waals surface area contributed by atoms with Crippen molar-refractivity contribution in [2.75, 3.05) is 11.9 Å². The van der Waals surface area contributed by atoms with Crippen molar-refractivity contribution < 1.29 is 19.2 Å². The molecule has 2 aliphatic rings. The van der Waals surface area contributed by atoms with Crippen molar-refractivity contribution >= 4 is 29.3 Å². The zero-order valence-electron chi connectivity index (χ0n) is 18.4. The lowest BCUT2D eigenvalue weighted by Crippen LogP contribution is -2.46. The number of aryl methyl sites for hydroxylation is 1. The highest BCUT2D eigenvalue weighted by Crippen LogP contribution is 2.39. The normalized spacial score (nSPS) is 19.0. The van der Waals surface area contributed by atoms with Gasteiger partial charge in [0.2, 0.25) is 0 Å². The summed E-state index contributed by atoms with van der Waals surface area (Å²) in [7, 11) is 0. The van der Waals surface area contributed by atoms with Gasteiger partial charge >= 0.3 is 6.03 Å². The molecule has 1 aliphatic heterocycles. The monoisotopic (exact) mass is 453 g/mol. The van der Waals surface area contributed by atoms with Gasteiger partial charge in [0.25, 0.3) is 11.8 Å². The van der Waals surface area contributed by atoms with Crippen molar-refractivity contribution in [3.8, 4) is 0 Å². The fraction of sp³-hybridized carbons (Fsp3) is 0.185. The molecule has 5 rings (SSSR count). The van der Waals surface area contributed by atoms with Crippen LogP contribution in [0.1, 0.15) is 44.7 Å². The molecule has 1 spiro atoms. The van der Waals surface area contributed by atoms with Crippen molar-refractivity contribution in [2.45, 2.75) is 24.8 Å². The number of rotatable bonds is 5. The van der Waals surface area contributed by atoms with E-state index >= 15 is 0 Å². The number of hydrogen-bond donors (Lipinski definition) is 2. The Balaban J connectivity index is 1.29. The molecule has 4 amide bonds. The number of carbonyl (C=O) groups is 4. The average Bonchev–Trinajstić information content (AvgIpc) is 3.10. The highest BCUT2D eigenvalue weighted by atomic mass is 16.2. The number of urea groups is 1. The van der Waals surface area contributed by atoms with Crippen molar-refractivity contribution in [3.05, 3.63) is 101 Å². The number of nitrogens with zero attached hydrogens (tertiary/aromatic N) is 1. The third kappa shape index (κ3) is 3.75. The molecule has 0 aromatic heterocycles. The van der Waals surface area contributed by atoms with Gasteiger partial charge in [0.15, 0.2) is 5.78 Å². The Labute approximate surface area is 196 Å². The maximum atomic E-state index is 13.4. The first-order chi connectivity index (χ1) is 16.5. The Hall–Kier alpha value is -4.26. The zero-order valence-corrected chi connectivity index (χ0v) is 18.4. The van der Waals surface area contributed by atoms with Gasteiger partial charge in [0.1, 0.15) is 5.54 Å². The van der Waals surface area contributed by atoms with Crippen LogP contribution in [0.2, 0.25) is 0 Å². The maximum Gasteiger partial charge on any atom is 0.325 e. The van der Waals surface area contributed by atoms with E-state index in [0.717, 1.165) is 28.9 Å². The summed E-state index contributed by atoms with van der Waals surface area (Å²) in [6, 6.07) is 22.3. The smallest absolute Gasteiger partial charge is 0.322 e. The van der Waals surface area contributed by atoms with Gasteiger partial charge in [-0.3, -0.25) is 19.3 Å². The van der Waals surface area contributed by atoms with Gasteiger partial charge in [-0.15, -0.1) is 0 Å². The van der Waals surface area contributed by atoms with Gasteiger partial charge < -0.3 is 10.6 Å². The number of anilines is 1. The number of amides is 4. The molecule has 0 saturated carbocycles. The van der Waals surface area contributed by atoms with Crippen LogP contribution in [0, 0.1) is 0 Å². The predicted molar refractivity (Wildman–Crippen MR) is 126 cm³/mol. The van der Waals surface area contributed by atoms with Crippen LogP contribution >= 0.6 is 0 Å². The van der Waals surface area contributed by atoms with Crippen LogP contribution in [-0.2, 0) is 16.8 Å². The highest BCUT2D eigenvalue weighted by Gasteiger charge is 2.54. The molecule has 34 heavy (non-hydrogen) atoms. The lowest BCUT2D eigenvalue weighted by Gasteiger charge is -2.33. The summed E-state index contributed by atoms with van der Waals surface area (Å²) in [5.74, 6) is -0.993. The first kappa shape index (κ1) is 21.6. The van der Waals surface area contributed by atoms with E-state index in [1.165, 1.54) is 0 Å². The van der Waals surface area contributed by atoms with Crippen LogP contribution in [0.5, 0.6) is 0 Å². The molecule has 1 fully saturated rings. The fourth-order valence-corrected chi connectivity index (χ4v) is 4.72. The molecule has 1 unspecified atom stereocenters. The predicted octanol–water partition coefficient (Wildman–Crippen LogP) is 3.91. The van der Waals surface area contributed by atoms with E-state index in [2.05, 4.69) is 10.6 Å². The molecule has 7 nitrogen and oxygen atoms in total. The summed E-state index contributed by atoms with van der Waals surface area (Å²) < 4.78 is 0. The number of fused-ring (bicyclic) bond motifs is 2. The fourth-order valence-electron chi connectivity index (χ4n) is 4.72. The number of imide groups is 1. The second-order valence-electron chi connectivity index (χ2n) is 8.56. The molecule has 3 aromatic carbocycles. The Morgan fingerprint density at radius 3 is 2.35 bits per heavy atom. The molecule has 2 N–H and O–H groups in total. The van der Waals surface area contributed by atoms with E-state index in [1.807, 2.05) is 30.3 Å². The molecular weight excluding hydrogens is 430 g/mol. The first-order valence-electron chi connectivity index (χ1n) is 11.2. The van der Waals surface area contributed by atoms with Crippen LogP contribution in [-0.4, -0.2) is 35.1 Å². The summed E-state index contributed by atoms with van der Waals surface area (Å²) in [6.45, 7) is -0.343. The Kier molecular flexibility index (Phi) is 5.45. The SMILES string of the molecule is O=C(CN1C(=O)NC2(CCCc3ccccc32)C1=O)c1ccc(NC(=O)c2ccccc2)cc1. The lowest BCUT2D eigenvalue weighted by atomic mass is 9.76. The third-order valence-corrected chi connectivity index (χ3v) is 6.45. The number of ketones is 1. The van der Waals surface area contributed by atoms with E-state index in [0.29, 0.717) is 23.2 Å². The minimum Gasteiger partial charge on any atom is -0.322 e. The summed E-state index contributed by atoms with van der Waals surface area (Å²) in [4.78, 5) is 52.3. The Bertz CT molecular complexity index is 1290. The number of nitrogens with one attached hydrogen (secondary N) is 2. The minimum absolute atomic E-state index is 0.253. The van der Waals surface area contributed by atoms with Crippen LogP contribution in [0.25, 0.3) is 0 Å². The quantitative estimate of drug-likeness (QED) is 0.452. The molecule has 1 heterocycles. The van der Waals surface area contributed by atoms with Crippen LogP contribution in [0.15, 0.2) is 78.9 Å². The van der Waals surface area contributed by atoms with Gasteiger partial charge in [0, 0.05) is 16.8 Å². The number of carbonyl (C=O) groups excluding carboxylic acids is 4. The number of benzene rings is 3. The van der Waals surface area contributed by atoms with E-state index < -0.39 is 11.6 Å². The second kappa shape index (κ2) is 8.59. The maximum absolute atomic E-state index is 13.4. The van der Waals surface area contributed by atoms with E-state index in [4.69, 9.17) is 0 Å². The summed E-state index contributed by atoms with van der Waals surface area (Å²) in [5.41, 5.74) is 2.18. The van der Waals surface area contributed by atoms with E-state index in [9.17, 15) is 19.2 Å². The topological polar surface area (TPSA) is 95.6 Å². The summed E-state index contributed by atoms with van der Waals surface area (Å²) in [5, 5.41) is 5.65. The zero-order chi connectivity index (χ0) is 23.7. The van der Waals surface area contributed by atoms with Crippen molar-refractivity contribution in [2.24, 2.45) is 0 Å². The average molecular weight is 453 g/mol. The Morgan fingerprint density at radius 2 is 1.59 bits per heavy atom. The van der Waals surface area contributed by atoms with E-state index in [1.54, 1.807) is 48.5 Å². The van der Waals surface area contributed by atoms with E-state index in [-0.39, 0.29) is 24.1 Å². The largest absolute Gasteiger partial charge is 0.325 e. The van der Waals surface area contributed by atoms with Crippen molar-refractivity contribution in [1.29, 1.82) is 0 Å². The van der Waals surface area contributed by atoms with Gasteiger partial charge in [-0.1, -0.05) is 42.5 Å². The Morgan fingerprint density at radius 1 is 0.882 bits per heavy atom. The molecule has 0 radical (unpaired) electrons. The van der Waals surface area contributed by atoms with Crippen molar-refractivity contribution in [1.82, 2.24) is 10.2 Å². The molecular formula is C27H23N3O4. The van der Waals surface area contributed by atoms with Crippen LogP contribution in [0.4, 0.5) is 10.5 Å². The van der Waals surface area contributed by atoms with Gasteiger partial charge in [-0.2, -0.15) is 0 Å². The van der Waals surface area contributed by atoms with Gasteiger partial charge in [-0.05, 0) is 66.8 Å². The highest BCUT2D eigenvalue weighted by molar-refractivity contribution is 6.12. The standard InChI is InChI=1S/C27H23N3O4/c31-23(19-12-14-21(15-13-19)28-24(32)20-8-2-1-3-9-20)17-30-25(33)27(29-26(30)34)16-6-10-18-7-4-5-11-22(18)27/h1-5,7-9,11-15H,6,10,16-17H2,(H,28,32)(H,29,34). The third-order valence-electron chi connectivity index (χ3n) is 6.45. The second-order valence-corrected chi connectivity index (χ2v) is 8.56. The first-order valence-corrected chi connectivity index (χ1v) is 11.2. The molecule has 7 heteroatoms. The number of hydrogen-bond acceptors (Lipinski definition) is 4. The number of Topliss-reactive ketones (excluding diaryl/α,β-unsaturated/α-hetero) is 1.